The lowest BCUT2D eigenvalue weighted by molar-refractivity contribution is 0.411. The van der Waals surface area contributed by atoms with Gasteiger partial charge in [-0.25, -0.2) is 4.39 Å². The molecule has 2 N–H and O–H groups in total. The van der Waals surface area contributed by atoms with E-state index in [9.17, 15) is 4.39 Å². The number of hydrogen-bond acceptors (Lipinski definition) is 1. The molecule has 0 radical (unpaired) electrons. The Kier molecular flexibility index (Phi) is 3.22. The van der Waals surface area contributed by atoms with Crippen LogP contribution in [-0.4, -0.2) is 5.54 Å². The average Bonchev–Trinajstić information content (AvgIpc) is 2.52. The summed E-state index contributed by atoms with van der Waals surface area (Å²) in [6, 6.07) is 4.83. The molecule has 1 aromatic rings. The summed E-state index contributed by atoms with van der Waals surface area (Å²) in [6.07, 6.45) is 3.72. The zero-order valence-corrected chi connectivity index (χ0v) is 10.2. The Morgan fingerprint density at radius 2 is 2.31 bits per heavy atom. The molecular weight excluding hydrogens is 225 g/mol. The fraction of sp³-hybridized carbons (Fsp3) is 0.538. The predicted molar refractivity (Wildman–Crippen MR) is 65.0 cm³/mol. The highest BCUT2D eigenvalue weighted by atomic mass is 35.5. The summed E-state index contributed by atoms with van der Waals surface area (Å²) in [5, 5.41) is 0.437. The molecule has 0 aromatic heterocycles. The van der Waals surface area contributed by atoms with E-state index in [-0.39, 0.29) is 11.4 Å². The van der Waals surface area contributed by atoms with E-state index in [1.54, 1.807) is 12.1 Å². The smallest absolute Gasteiger partial charge is 0.127 e. The van der Waals surface area contributed by atoms with Gasteiger partial charge in [-0.2, -0.15) is 0 Å². The third-order valence-electron chi connectivity index (χ3n) is 3.45. The van der Waals surface area contributed by atoms with Gasteiger partial charge in [0.05, 0.1) is 0 Å². The normalized spacial score (nSPS) is 29.6. The zero-order chi connectivity index (χ0) is 11.8. The van der Waals surface area contributed by atoms with Gasteiger partial charge in [-0.3, -0.25) is 0 Å². The van der Waals surface area contributed by atoms with Gasteiger partial charge in [-0.05, 0) is 49.3 Å². The molecule has 2 rings (SSSR count). The molecule has 0 heterocycles. The maximum absolute atomic E-state index is 13.6. The Labute approximate surface area is 101 Å². The number of benzene rings is 1. The molecule has 1 aliphatic carbocycles. The zero-order valence-electron chi connectivity index (χ0n) is 9.47. The summed E-state index contributed by atoms with van der Waals surface area (Å²) in [7, 11) is 0. The minimum absolute atomic E-state index is 0.228. The third-order valence-corrected chi connectivity index (χ3v) is 3.68. The van der Waals surface area contributed by atoms with E-state index in [1.807, 2.05) is 0 Å². The van der Waals surface area contributed by atoms with Crippen LogP contribution in [0, 0.1) is 11.7 Å². The van der Waals surface area contributed by atoms with Crippen molar-refractivity contribution >= 4 is 11.6 Å². The fourth-order valence-electron chi connectivity index (χ4n) is 2.64. The van der Waals surface area contributed by atoms with Gasteiger partial charge in [0.25, 0.3) is 0 Å². The van der Waals surface area contributed by atoms with Crippen molar-refractivity contribution in [2.75, 3.05) is 0 Å². The number of rotatable bonds is 2. The summed E-state index contributed by atoms with van der Waals surface area (Å²) in [4.78, 5) is 0. The molecule has 0 saturated heterocycles. The van der Waals surface area contributed by atoms with E-state index in [2.05, 4.69) is 6.92 Å². The molecule has 3 heteroatoms. The summed E-state index contributed by atoms with van der Waals surface area (Å²) in [5.74, 6) is 0.414. The second kappa shape index (κ2) is 4.34. The van der Waals surface area contributed by atoms with Gasteiger partial charge >= 0.3 is 0 Å². The molecule has 0 bridgehead atoms. The van der Waals surface area contributed by atoms with Crippen molar-refractivity contribution < 1.29 is 4.39 Å². The van der Waals surface area contributed by atoms with Gasteiger partial charge in [0, 0.05) is 10.6 Å². The van der Waals surface area contributed by atoms with Crippen LogP contribution in [0.25, 0.3) is 0 Å². The maximum atomic E-state index is 13.6. The molecule has 1 saturated carbocycles. The molecule has 0 amide bonds. The molecule has 16 heavy (non-hydrogen) atoms. The van der Waals surface area contributed by atoms with Gasteiger partial charge in [-0.15, -0.1) is 0 Å². The summed E-state index contributed by atoms with van der Waals surface area (Å²) < 4.78 is 13.6. The van der Waals surface area contributed by atoms with Gasteiger partial charge in [0.15, 0.2) is 0 Å². The molecular formula is C13H17ClFN. The molecule has 1 nitrogen and oxygen atoms in total. The van der Waals surface area contributed by atoms with Crippen LogP contribution in [0.3, 0.4) is 0 Å². The van der Waals surface area contributed by atoms with Crippen LogP contribution in [0.2, 0.25) is 5.02 Å². The van der Waals surface area contributed by atoms with Crippen LogP contribution < -0.4 is 5.73 Å². The lowest BCUT2D eigenvalue weighted by Crippen LogP contribution is -2.39. The number of halogens is 2. The van der Waals surface area contributed by atoms with E-state index in [4.69, 9.17) is 17.3 Å². The minimum Gasteiger partial charge on any atom is -0.325 e. The second-order valence-corrected chi connectivity index (χ2v) is 5.56. The fourth-order valence-corrected chi connectivity index (χ4v) is 2.80. The highest BCUT2D eigenvalue weighted by Crippen LogP contribution is 2.35. The van der Waals surface area contributed by atoms with Crippen molar-refractivity contribution in [1.82, 2.24) is 0 Å². The van der Waals surface area contributed by atoms with Crippen molar-refractivity contribution in [3.63, 3.8) is 0 Å². The first-order chi connectivity index (χ1) is 7.48. The van der Waals surface area contributed by atoms with E-state index in [0.717, 1.165) is 19.3 Å². The van der Waals surface area contributed by atoms with Crippen LogP contribution in [0.1, 0.15) is 31.7 Å². The van der Waals surface area contributed by atoms with E-state index >= 15 is 0 Å². The predicted octanol–water partition coefficient (Wildman–Crippen LogP) is 3.54. The first kappa shape index (κ1) is 11.9. The summed E-state index contributed by atoms with van der Waals surface area (Å²) >= 11 is 5.72. The molecule has 0 spiro atoms. The molecule has 1 aromatic carbocycles. The lowest BCUT2D eigenvalue weighted by Gasteiger charge is -2.24. The van der Waals surface area contributed by atoms with Crippen LogP contribution >= 0.6 is 11.6 Å². The summed E-state index contributed by atoms with van der Waals surface area (Å²) in [5.41, 5.74) is 6.74. The first-order valence-corrected chi connectivity index (χ1v) is 6.09. The molecule has 1 aliphatic rings. The molecule has 1 fully saturated rings. The Morgan fingerprint density at radius 1 is 1.56 bits per heavy atom. The third kappa shape index (κ3) is 2.55. The van der Waals surface area contributed by atoms with E-state index < -0.39 is 0 Å². The molecule has 2 atom stereocenters. The number of nitrogens with two attached hydrogens (primary N) is 1. The average molecular weight is 242 g/mol. The highest BCUT2D eigenvalue weighted by Gasteiger charge is 2.34. The van der Waals surface area contributed by atoms with Crippen molar-refractivity contribution in [2.45, 2.75) is 38.1 Å². The van der Waals surface area contributed by atoms with Gasteiger partial charge in [-0.1, -0.05) is 24.6 Å². The molecule has 0 aliphatic heterocycles. The van der Waals surface area contributed by atoms with Crippen LogP contribution in [-0.2, 0) is 6.42 Å². The van der Waals surface area contributed by atoms with Crippen molar-refractivity contribution in [3.05, 3.63) is 34.6 Å². The Morgan fingerprint density at radius 3 is 2.88 bits per heavy atom. The van der Waals surface area contributed by atoms with Crippen molar-refractivity contribution in [1.29, 1.82) is 0 Å². The second-order valence-electron chi connectivity index (χ2n) is 5.12. The molecule has 2 unspecified atom stereocenters. The first-order valence-electron chi connectivity index (χ1n) is 5.71. The molecule has 88 valence electrons. The van der Waals surface area contributed by atoms with Crippen LogP contribution in [0.15, 0.2) is 18.2 Å². The van der Waals surface area contributed by atoms with Gasteiger partial charge in [0.2, 0.25) is 0 Å². The SMILES string of the molecule is CC1CCC(N)(Cc2ccc(Cl)cc2F)C1. The van der Waals surface area contributed by atoms with Crippen molar-refractivity contribution in [2.24, 2.45) is 11.7 Å². The van der Waals surface area contributed by atoms with E-state index in [0.29, 0.717) is 22.9 Å². The largest absolute Gasteiger partial charge is 0.325 e. The lowest BCUT2D eigenvalue weighted by atomic mass is 9.89. The van der Waals surface area contributed by atoms with Crippen molar-refractivity contribution in [3.8, 4) is 0 Å². The summed E-state index contributed by atoms with van der Waals surface area (Å²) in [6.45, 7) is 2.20. The minimum atomic E-state index is -0.239. The Hall–Kier alpha value is -0.600. The number of hydrogen-bond donors (Lipinski definition) is 1. The quantitative estimate of drug-likeness (QED) is 0.842. The van der Waals surface area contributed by atoms with E-state index in [1.165, 1.54) is 6.07 Å². The standard InChI is InChI=1S/C13H17ClFN/c1-9-4-5-13(16,7-9)8-10-2-3-11(14)6-12(10)15/h2-3,6,9H,4-5,7-8,16H2,1H3. The highest BCUT2D eigenvalue weighted by molar-refractivity contribution is 6.30. The van der Waals surface area contributed by atoms with Gasteiger partial charge < -0.3 is 5.73 Å². The topological polar surface area (TPSA) is 26.0 Å². The van der Waals surface area contributed by atoms with Crippen LogP contribution in [0.4, 0.5) is 4.39 Å². The maximum Gasteiger partial charge on any atom is 0.127 e. The Balaban J connectivity index is 2.14. The van der Waals surface area contributed by atoms with Crippen LogP contribution in [0.5, 0.6) is 0 Å². The van der Waals surface area contributed by atoms with Gasteiger partial charge in [0.1, 0.15) is 5.82 Å². The monoisotopic (exact) mass is 241 g/mol. The Bertz CT molecular complexity index is 394.